The van der Waals surface area contributed by atoms with Crippen LogP contribution in [0.2, 0.25) is 0 Å². The summed E-state index contributed by atoms with van der Waals surface area (Å²) in [6.45, 7) is 8.89. The first-order valence-corrected chi connectivity index (χ1v) is 8.42. The lowest BCUT2D eigenvalue weighted by Gasteiger charge is -2.43. The molecule has 0 aliphatic heterocycles. The second-order valence-electron chi connectivity index (χ2n) is 6.27. The van der Waals surface area contributed by atoms with Gasteiger partial charge in [-0.3, -0.25) is 4.68 Å². The predicted octanol–water partition coefficient (Wildman–Crippen LogP) is 3.23. The van der Waals surface area contributed by atoms with Crippen molar-refractivity contribution in [3.05, 3.63) is 18.0 Å². The molecule has 1 aromatic rings. The first kappa shape index (κ1) is 18.2. The normalized spacial score (nSPS) is 14.1. The highest BCUT2D eigenvalue weighted by molar-refractivity contribution is 5.07. The first-order chi connectivity index (χ1) is 9.94. The average Bonchev–Trinajstić information content (AvgIpc) is 2.90. The molecule has 4 nitrogen and oxygen atoms in total. The van der Waals surface area contributed by atoms with Gasteiger partial charge in [-0.1, -0.05) is 27.7 Å². The van der Waals surface area contributed by atoms with Crippen LogP contribution in [0.5, 0.6) is 0 Å². The molecule has 1 atom stereocenters. The van der Waals surface area contributed by atoms with Crippen LogP contribution in [0, 0.1) is 0 Å². The van der Waals surface area contributed by atoms with Gasteiger partial charge >= 0.3 is 0 Å². The number of hydrogen-bond acceptors (Lipinski definition) is 3. The molecule has 0 fully saturated rings. The Kier molecular flexibility index (Phi) is 6.88. The molecule has 2 N–H and O–H groups in total. The van der Waals surface area contributed by atoms with E-state index in [-0.39, 0.29) is 11.6 Å². The number of aromatic nitrogens is 2. The largest absolute Gasteiger partial charge is 0.326 e. The van der Waals surface area contributed by atoms with Gasteiger partial charge in [0.2, 0.25) is 0 Å². The van der Waals surface area contributed by atoms with E-state index < -0.39 is 0 Å². The van der Waals surface area contributed by atoms with E-state index in [0.717, 1.165) is 37.8 Å². The lowest BCUT2D eigenvalue weighted by atomic mass is 9.81. The molecule has 0 amide bonds. The lowest BCUT2D eigenvalue weighted by Crippen LogP contribution is -2.57. The summed E-state index contributed by atoms with van der Waals surface area (Å²) < 4.78 is 2.11. The Balaban J connectivity index is 2.85. The summed E-state index contributed by atoms with van der Waals surface area (Å²) in [6, 6.07) is 2.74. The summed E-state index contributed by atoms with van der Waals surface area (Å²) in [5.74, 6) is 0. The highest BCUT2D eigenvalue weighted by atomic mass is 15.3. The van der Waals surface area contributed by atoms with Crippen LogP contribution < -0.4 is 5.73 Å². The third-order valence-electron chi connectivity index (χ3n) is 5.21. The second kappa shape index (κ2) is 7.95. The molecular weight excluding hydrogens is 260 g/mol. The molecule has 1 aromatic heterocycles. The van der Waals surface area contributed by atoms with Crippen molar-refractivity contribution in [1.82, 2.24) is 14.7 Å². The van der Waals surface area contributed by atoms with Crippen molar-refractivity contribution in [3.8, 4) is 0 Å². The van der Waals surface area contributed by atoms with Crippen LogP contribution in [-0.2, 0) is 6.42 Å². The highest BCUT2D eigenvalue weighted by Gasteiger charge is 2.35. The maximum absolute atomic E-state index is 6.57. The van der Waals surface area contributed by atoms with Crippen molar-refractivity contribution in [2.75, 3.05) is 14.1 Å². The van der Waals surface area contributed by atoms with Crippen LogP contribution in [0.1, 0.15) is 65.1 Å². The van der Waals surface area contributed by atoms with Gasteiger partial charge in [-0.25, -0.2) is 0 Å². The van der Waals surface area contributed by atoms with E-state index in [1.165, 1.54) is 0 Å². The number of nitrogens with zero attached hydrogens (tertiary/aromatic N) is 3. The molecule has 0 radical (unpaired) electrons. The Bertz CT molecular complexity index is 403. The third-order valence-corrected chi connectivity index (χ3v) is 5.21. The van der Waals surface area contributed by atoms with Crippen molar-refractivity contribution < 1.29 is 0 Å². The van der Waals surface area contributed by atoms with E-state index in [9.17, 15) is 0 Å². The zero-order valence-electron chi connectivity index (χ0n) is 14.8. The lowest BCUT2D eigenvalue weighted by molar-refractivity contribution is 0.105. The van der Waals surface area contributed by atoms with Crippen LogP contribution in [0.25, 0.3) is 0 Å². The fourth-order valence-electron chi connectivity index (χ4n) is 3.51. The van der Waals surface area contributed by atoms with Gasteiger partial charge in [-0.05, 0) is 45.8 Å². The molecule has 0 aromatic carbocycles. The highest BCUT2D eigenvalue weighted by Crippen LogP contribution is 2.26. The Labute approximate surface area is 130 Å². The summed E-state index contributed by atoms with van der Waals surface area (Å²) in [6.07, 6.45) is 7.31. The molecule has 1 rings (SSSR count). The summed E-state index contributed by atoms with van der Waals surface area (Å²) in [7, 11) is 4.27. The topological polar surface area (TPSA) is 47.1 Å². The van der Waals surface area contributed by atoms with Gasteiger partial charge in [0.1, 0.15) is 0 Å². The van der Waals surface area contributed by atoms with Gasteiger partial charge in [-0.2, -0.15) is 5.10 Å². The number of likely N-dealkylation sites (N-methyl/N-ethyl adjacent to an activating group) is 1. The van der Waals surface area contributed by atoms with Crippen LogP contribution in [0.15, 0.2) is 12.3 Å². The van der Waals surface area contributed by atoms with Crippen molar-refractivity contribution in [2.24, 2.45) is 5.73 Å². The Morgan fingerprint density at radius 3 is 2.19 bits per heavy atom. The molecule has 0 saturated heterocycles. The minimum absolute atomic E-state index is 0.0543. The van der Waals surface area contributed by atoms with E-state index in [0.29, 0.717) is 6.04 Å². The van der Waals surface area contributed by atoms with E-state index in [1.54, 1.807) is 0 Å². The van der Waals surface area contributed by atoms with Gasteiger partial charge < -0.3 is 10.6 Å². The maximum atomic E-state index is 6.57. The second-order valence-corrected chi connectivity index (χ2v) is 6.27. The molecule has 122 valence electrons. The summed E-state index contributed by atoms with van der Waals surface area (Å²) in [5, 5.41) is 4.75. The van der Waals surface area contributed by atoms with E-state index in [2.05, 4.69) is 63.6 Å². The Morgan fingerprint density at radius 2 is 1.76 bits per heavy atom. The van der Waals surface area contributed by atoms with E-state index in [4.69, 9.17) is 10.8 Å². The summed E-state index contributed by atoms with van der Waals surface area (Å²) >= 11 is 0. The predicted molar refractivity (Wildman–Crippen MR) is 90.5 cm³/mol. The van der Waals surface area contributed by atoms with Gasteiger partial charge in [0, 0.05) is 24.2 Å². The summed E-state index contributed by atoms with van der Waals surface area (Å²) in [4.78, 5) is 2.29. The Morgan fingerprint density at radius 1 is 1.19 bits per heavy atom. The molecule has 0 aliphatic carbocycles. The monoisotopic (exact) mass is 294 g/mol. The average molecular weight is 294 g/mol. The molecular formula is C17H34N4. The number of rotatable bonds is 9. The van der Waals surface area contributed by atoms with Gasteiger partial charge in [0.05, 0.1) is 11.7 Å². The van der Waals surface area contributed by atoms with E-state index >= 15 is 0 Å². The zero-order valence-corrected chi connectivity index (χ0v) is 14.8. The van der Waals surface area contributed by atoms with Gasteiger partial charge in [0.25, 0.3) is 0 Å². The Hall–Kier alpha value is -0.870. The van der Waals surface area contributed by atoms with Crippen LogP contribution in [-0.4, -0.2) is 40.4 Å². The fourth-order valence-corrected chi connectivity index (χ4v) is 3.51. The quantitative estimate of drug-likeness (QED) is 0.760. The third kappa shape index (κ3) is 3.86. The minimum Gasteiger partial charge on any atom is -0.326 e. The standard InChI is InChI=1S/C17H34N4/c1-7-15(8-2)21-12-11-14(19-21)13-16(18)17(9-3,10-4)20(5)6/h11-12,15-16H,7-10,13,18H2,1-6H3. The van der Waals surface area contributed by atoms with Crippen LogP contribution in [0.3, 0.4) is 0 Å². The molecule has 1 unspecified atom stereocenters. The zero-order chi connectivity index (χ0) is 16.0. The van der Waals surface area contributed by atoms with Gasteiger partial charge in [-0.15, -0.1) is 0 Å². The van der Waals surface area contributed by atoms with E-state index in [1.807, 2.05) is 0 Å². The fraction of sp³-hybridized carbons (Fsp3) is 0.824. The summed E-state index contributed by atoms with van der Waals surface area (Å²) in [5.41, 5.74) is 7.73. The number of hydrogen-bond donors (Lipinski definition) is 1. The van der Waals surface area contributed by atoms with Crippen molar-refractivity contribution in [3.63, 3.8) is 0 Å². The molecule has 0 bridgehead atoms. The minimum atomic E-state index is 0.0543. The smallest absolute Gasteiger partial charge is 0.0640 e. The maximum Gasteiger partial charge on any atom is 0.0640 e. The van der Waals surface area contributed by atoms with Crippen molar-refractivity contribution in [1.29, 1.82) is 0 Å². The molecule has 4 heteroatoms. The molecule has 0 saturated carbocycles. The molecule has 0 spiro atoms. The van der Waals surface area contributed by atoms with Crippen LogP contribution in [0.4, 0.5) is 0 Å². The van der Waals surface area contributed by atoms with Crippen LogP contribution >= 0.6 is 0 Å². The van der Waals surface area contributed by atoms with Gasteiger partial charge in [0.15, 0.2) is 0 Å². The molecule has 0 aliphatic rings. The first-order valence-electron chi connectivity index (χ1n) is 8.42. The molecule has 21 heavy (non-hydrogen) atoms. The molecule has 1 heterocycles. The van der Waals surface area contributed by atoms with Crippen molar-refractivity contribution in [2.45, 2.75) is 77.4 Å². The SMILES string of the molecule is CCC(CC)n1ccc(CC(N)C(CC)(CC)N(C)C)n1. The van der Waals surface area contributed by atoms with Crippen molar-refractivity contribution >= 4 is 0 Å². The number of nitrogens with two attached hydrogens (primary N) is 1.